The maximum absolute atomic E-state index is 13.8. The summed E-state index contributed by atoms with van der Waals surface area (Å²) in [6, 6.07) is 3.54. The van der Waals surface area contributed by atoms with Gasteiger partial charge in [-0.2, -0.15) is 0 Å². The Kier molecular flexibility index (Phi) is 6.81. The Morgan fingerprint density at radius 1 is 1.39 bits per heavy atom. The van der Waals surface area contributed by atoms with Gasteiger partial charge in [0.1, 0.15) is 11.4 Å². The van der Waals surface area contributed by atoms with Crippen LogP contribution in [-0.4, -0.2) is 28.8 Å². The van der Waals surface area contributed by atoms with E-state index in [0.717, 1.165) is 0 Å². The van der Waals surface area contributed by atoms with Gasteiger partial charge >= 0.3 is 12.1 Å². The number of carboxylic acid groups (broad SMARTS) is 1. The monoisotopic (exact) mass is 345 g/mol. The van der Waals surface area contributed by atoms with Crippen molar-refractivity contribution < 1.29 is 23.8 Å². The van der Waals surface area contributed by atoms with Crippen molar-refractivity contribution in [3.8, 4) is 0 Å². The molecule has 0 aliphatic rings. The van der Waals surface area contributed by atoms with Crippen molar-refractivity contribution in [2.24, 2.45) is 0 Å². The van der Waals surface area contributed by atoms with Gasteiger partial charge in [0.05, 0.1) is 0 Å². The maximum Gasteiger partial charge on any atom is 0.407 e. The van der Waals surface area contributed by atoms with Crippen LogP contribution in [0.15, 0.2) is 18.2 Å². The van der Waals surface area contributed by atoms with Crippen LogP contribution in [0.4, 0.5) is 9.18 Å². The summed E-state index contributed by atoms with van der Waals surface area (Å²) in [4.78, 5) is 22.6. The van der Waals surface area contributed by atoms with Gasteiger partial charge < -0.3 is 15.2 Å². The molecule has 1 amide bonds. The maximum atomic E-state index is 13.8. The molecule has 0 aromatic heterocycles. The van der Waals surface area contributed by atoms with Gasteiger partial charge in [-0.15, -0.1) is 0 Å². The summed E-state index contributed by atoms with van der Waals surface area (Å²) in [6.45, 7) is 5.15. The number of rotatable bonds is 6. The van der Waals surface area contributed by atoms with Gasteiger partial charge in [0.25, 0.3) is 0 Å². The summed E-state index contributed by atoms with van der Waals surface area (Å²) >= 11 is 5.85. The fourth-order valence-electron chi connectivity index (χ4n) is 1.96. The molecule has 1 aromatic carbocycles. The second-order valence-corrected chi connectivity index (χ2v) is 6.65. The number of carbonyl (C=O) groups is 2. The fraction of sp³-hybridized carbons (Fsp3) is 0.500. The number of alkyl carbamates (subject to hydrolysis) is 1. The highest BCUT2D eigenvalue weighted by Gasteiger charge is 2.21. The van der Waals surface area contributed by atoms with E-state index in [2.05, 4.69) is 5.32 Å². The third-order valence-corrected chi connectivity index (χ3v) is 3.14. The van der Waals surface area contributed by atoms with Gasteiger partial charge in [0, 0.05) is 17.5 Å². The van der Waals surface area contributed by atoms with Crippen LogP contribution >= 0.6 is 11.6 Å². The smallest absolute Gasteiger partial charge is 0.407 e. The van der Waals surface area contributed by atoms with Gasteiger partial charge in [0.15, 0.2) is 0 Å². The van der Waals surface area contributed by atoms with E-state index >= 15 is 0 Å². The molecule has 0 saturated heterocycles. The Morgan fingerprint density at radius 3 is 2.61 bits per heavy atom. The molecule has 0 heterocycles. The summed E-state index contributed by atoms with van der Waals surface area (Å²) in [7, 11) is 0. The molecular weight excluding hydrogens is 325 g/mol. The lowest BCUT2D eigenvalue weighted by Crippen LogP contribution is -2.40. The summed E-state index contributed by atoms with van der Waals surface area (Å²) < 4.78 is 19.0. The molecule has 7 heteroatoms. The minimum atomic E-state index is -0.993. The SMILES string of the molecule is CC(C)(C)OC(=O)NC(CCC(=O)O)Cc1cc(Cl)ccc1F. The number of benzene rings is 1. The third kappa shape index (κ3) is 7.83. The second kappa shape index (κ2) is 8.15. The summed E-state index contributed by atoms with van der Waals surface area (Å²) in [5.41, 5.74) is -0.369. The van der Waals surface area contributed by atoms with Crippen molar-refractivity contribution in [1.82, 2.24) is 5.32 Å². The van der Waals surface area contributed by atoms with E-state index in [-0.39, 0.29) is 19.3 Å². The molecular formula is C16H21ClFNO4. The van der Waals surface area contributed by atoms with Crippen LogP contribution < -0.4 is 5.32 Å². The molecule has 128 valence electrons. The highest BCUT2D eigenvalue weighted by atomic mass is 35.5. The topological polar surface area (TPSA) is 75.6 Å². The number of ether oxygens (including phenoxy) is 1. The van der Waals surface area contributed by atoms with E-state index in [0.29, 0.717) is 10.6 Å². The number of hydrogen-bond acceptors (Lipinski definition) is 3. The van der Waals surface area contributed by atoms with Crippen molar-refractivity contribution >= 4 is 23.7 Å². The summed E-state index contributed by atoms with van der Waals surface area (Å²) in [5, 5.41) is 11.8. The molecule has 1 aromatic rings. The Bertz CT molecular complexity index is 572. The summed E-state index contributed by atoms with van der Waals surface area (Å²) in [5.74, 6) is -1.45. The molecule has 5 nitrogen and oxygen atoms in total. The number of amides is 1. The number of carboxylic acids is 1. The van der Waals surface area contributed by atoms with Crippen LogP contribution in [0.25, 0.3) is 0 Å². The van der Waals surface area contributed by atoms with Crippen LogP contribution in [0.1, 0.15) is 39.2 Å². The van der Waals surface area contributed by atoms with Gasteiger partial charge in [-0.25, -0.2) is 9.18 Å². The molecule has 1 unspecified atom stereocenters. The third-order valence-electron chi connectivity index (χ3n) is 2.90. The molecule has 0 fully saturated rings. The van der Waals surface area contributed by atoms with E-state index in [1.807, 2.05) is 0 Å². The van der Waals surface area contributed by atoms with Crippen LogP contribution in [-0.2, 0) is 16.0 Å². The predicted molar refractivity (Wildman–Crippen MR) is 85.1 cm³/mol. The first-order chi connectivity index (χ1) is 10.6. The van der Waals surface area contributed by atoms with Gasteiger partial charge in [0.2, 0.25) is 0 Å². The molecule has 1 atom stereocenters. The van der Waals surface area contributed by atoms with Crippen LogP contribution in [0.2, 0.25) is 5.02 Å². The highest BCUT2D eigenvalue weighted by Crippen LogP contribution is 2.18. The van der Waals surface area contributed by atoms with Crippen molar-refractivity contribution in [3.63, 3.8) is 0 Å². The van der Waals surface area contributed by atoms with Crippen molar-refractivity contribution in [3.05, 3.63) is 34.6 Å². The zero-order valence-electron chi connectivity index (χ0n) is 13.4. The molecule has 0 bridgehead atoms. The van der Waals surface area contributed by atoms with Gasteiger partial charge in [-0.3, -0.25) is 4.79 Å². The first-order valence-electron chi connectivity index (χ1n) is 7.22. The molecule has 0 radical (unpaired) electrons. The Hall–Kier alpha value is -1.82. The molecule has 0 aliphatic heterocycles. The Labute approximate surface area is 139 Å². The normalized spacial score (nSPS) is 12.6. The first-order valence-corrected chi connectivity index (χ1v) is 7.60. The number of carbonyl (C=O) groups excluding carboxylic acids is 1. The summed E-state index contributed by atoms with van der Waals surface area (Å²) in [6.07, 6.45) is -0.544. The van der Waals surface area contributed by atoms with E-state index < -0.39 is 29.5 Å². The van der Waals surface area contributed by atoms with Gasteiger partial charge in [-0.1, -0.05) is 11.6 Å². The van der Waals surface area contributed by atoms with E-state index in [9.17, 15) is 14.0 Å². The lowest BCUT2D eigenvalue weighted by molar-refractivity contribution is -0.137. The standard InChI is InChI=1S/C16H21ClFNO4/c1-16(2,3)23-15(22)19-12(5-7-14(20)21)9-10-8-11(17)4-6-13(10)18/h4,6,8,12H,5,7,9H2,1-3H3,(H,19,22)(H,20,21). The zero-order valence-corrected chi connectivity index (χ0v) is 14.1. The largest absolute Gasteiger partial charge is 0.481 e. The molecule has 1 rings (SSSR count). The molecule has 0 saturated carbocycles. The van der Waals surface area contributed by atoms with Crippen molar-refractivity contribution in [2.75, 3.05) is 0 Å². The van der Waals surface area contributed by atoms with Crippen molar-refractivity contribution in [1.29, 1.82) is 0 Å². The quantitative estimate of drug-likeness (QED) is 0.822. The first kappa shape index (κ1) is 19.2. The Morgan fingerprint density at radius 2 is 2.04 bits per heavy atom. The molecule has 23 heavy (non-hydrogen) atoms. The van der Waals surface area contributed by atoms with Crippen LogP contribution in [0.5, 0.6) is 0 Å². The fourth-order valence-corrected chi connectivity index (χ4v) is 2.16. The average Bonchev–Trinajstić information content (AvgIpc) is 2.38. The van der Waals surface area contributed by atoms with Crippen molar-refractivity contribution in [2.45, 2.75) is 51.7 Å². The van der Waals surface area contributed by atoms with Crippen LogP contribution in [0.3, 0.4) is 0 Å². The number of hydrogen-bond donors (Lipinski definition) is 2. The van der Waals surface area contributed by atoms with Gasteiger partial charge in [-0.05, 0) is 57.4 Å². The van der Waals surface area contributed by atoms with E-state index in [4.69, 9.17) is 21.4 Å². The van der Waals surface area contributed by atoms with E-state index in [1.54, 1.807) is 20.8 Å². The van der Waals surface area contributed by atoms with E-state index in [1.165, 1.54) is 18.2 Å². The average molecular weight is 346 g/mol. The second-order valence-electron chi connectivity index (χ2n) is 6.22. The molecule has 0 spiro atoms. The minimum absolute atomic E-state index is 0.124. The predicted octanol–water partition coefficient (Wildman–Crippen LogP) is 3.78. The number of aliphatic carboxylic acids is 1. The zero-order chi connectivity index (χ0) is 17.6. The lowest BCUT2D eigenvalue weighted by Gasteiger charge is -2.23. The number of halogens is 2. The minimum Gasteiger partial charge on any atom is -0.481 e. The highest BCUT2D eigenvalue weighted by molar-refractivity contribution is 6.30. The lowest BCUT2D eigenvalue weighted by atomic mass is 10.0. The molecule has 0 aliphatic carbocycles. The molecule has 2 N–H and O–H groups in total. The Balaban J connectivity index is 2.81. The number of nitrogens with one attached hydrogen (secondary N) is 1. The van der Waals surface area contributed by atoms with Crippen LogP contribution in [0, 0.1) is 5.82 Å².